The number of rotatable bonds is 5. The number of fused-ring (bicyclic) bond motifs is 1. The van der Waals surface area contributed by atoms with Crippen LogP contribution in [0.2, 0.25) is 0 Å². The standard InChI is InChI=1S/C22H17F2N7OS/c1-12-17-10-20(33-22(17)30(27-12)11-14-3-5-15(23)6-4-14)21(32)25-19-9-16(7-8-18(19)24)31-13(2)26-28-29-31/h3-10H,11H2,1-2H3,(H,25,32). The predicted octanol–water partition coefficient (Wildman–Crippen LogP) is 4.27. The number of amides is 1. The van der Waals surface area contributed by atoms with Gasteiger partial charge in [-0.25, -0.2) is 8.78 Å². The highest BCUT2D eigenvalue weighted by molar-refractivity contribution is 7.20. The first-order valence-corrected chi connectivity index (χ1v) is 10.8. The summed E-state index contributed by atoms with van der Waals surface area (Å²) in [5.74, 6) is -0.780. The van der Waals surface area contributed by atoms with Crippen LogP contribution in [-0.4, -0.2) is 35.9 Å². The second-order valence-corrected chi connectivity index (χ2v) is 8.49. The number of hydrogen-bond donors (Lipinski definition) is 1. The normalized spacial score (nSPS) is 11.3. The van der Waals surface area contributed by atoms with Crippen molar-refractivity contribution in [3.05, 3.63) is 82.1 Å². The van der Waals surface area contributed by atoms with E-state index in [4.69, 9.17) is 0 Å². The third-order valence-electron chi connectivity index (χ3n) is 5.14. The molecule has 0 aliphatic carbocycles. The average Bonchev–Trinajstić information content (AvgIpc) is 3.49. The number of carbonyl (C=O) groups is 1. The van der Waals surface area contributed by atoms with Gasteiger partial charge in [-0.1, -0.05) is 12.1 Å². The van der Waals surface area contributed by atoms with Gasteiger partial charge in [-0.3, -0.25) is 9.48 Å². The summed E-state index contributed by atoms with van der Waals surface area (Å²) in [7, 11) is 0. The van der Waals surface area contributed by atoms with Crippen molar-refractivity contribution in [2.45, 2.75) is 20.4 Å². The predicted molar refractivity (Wildman–Crippen MR) is 120 cm³/mol. The van der Waals surface area contributed by atoms with Gasteiger partial charge < -0.3 is 5.32 Å². The van der Waals surface area contributed by atoms with Gasteiger partial charge in [0, 0.05) is 5.39 Å². The second-order valence-electron chi connectivity index (χ2n) is 7.46. The maximum absolute atomic E-state index is 14.4. The highest BCUT2D eigenvalue weighted by Crippen LogP contribution is 2.30. The zero-order chi connectivity index (χ0) is 23.1. The molecule has 3 heterocycles. The molecule has 3 aromatic heterocycles. The molecule has 0 atom stereocenters. The summed E-state index contributed by atoms with van der Waals surface area (Å²) in [5.41, 5.74) is 2.20. The van der Waals surface area contributed by atoms with Crippen molar-refractivity contribution in [1.82, 2.24) is 30.0 Å². The molecule has 8 nitrogen and oxygen atoms in total. The fraction of sp³-hybridized carbons (Fsp3) is 0.136. The number of aryl methyl sites for hydroxylation is 2. The molecule has 0 spiro atoms. The van der Waals surface area contributed by atoms with Crippen molar-refractivity contribution in [2.75, 3.05) is 5.32 Å². The van der Waals surface area contributed by atoms with Crippen LogP contribution in [0.1, 0.15) is 26.8 Å². The van der Waals surface area contributed by atoms with E-state index in [0.29, 0.717) is 22.9 Å². The topological polar surface area (TPSA) is 90.5 Å². The van der Waals surface area contributed by atoms with Crippen LogP contribution in [0.25, 0.3) is 15.9 Å². The van der Waals surface area contributed by atoms with Crippen molar-refractivity contribution in [2.24, 2.45) is 0 Å². The summed E-state index contributed by atoms with van der Waals surface area (Å²) in [5, 5.41) is 19.3. The molecule has 0 aliphatic heterocycles. The first-order chi connectivity index (χ1) is 15.9. The lowest BCUT2D eigenvalue weighted by molar-refractivity contribution is 0.103. The minimum Gasteiger partial charge on any atom is -0.319 e. The lowest BCUT2D eigenvalue weighted by atomic mass is 10.2. The number of tetrazole rings is 1. The molecule has 1 N–H and O–H groups in total. The molecule has 0 saturated carbocycles. The van der Waals surface area contributed by atoms with Crippen LogP contribution in [0.4, 0.5) is 14.5 Å². The molecule has 0 aliphatic rings. The van der Waals surface area contributed by atoms with E-state index in [9.17, 15) is 13.6 Å². The Balaban J connectivity index is 1.42. The summed E-state index contributed by atoms with van der Waals surface area (Å²) in [6.07, 6.45) is 0. The highest BCUT2D eigenvalue weighted by Gasteiger charge is 2.18. The van der Waals surface area contributed by atoms with E-state index in [0.717, 1.165) is 21.5 Å². The van der Waals surface area contributed by atoms with Gasteiger partial charge in [0.05, 0.1) is 28.5 Å². The van der Waals surface area contributed by atoms with E-state index in [1.807, 2.05) is 6.92 Å². The molecule has 5 aromatic rings. The van der Waals surface area contributed by atoms with Crippen LogP contribution < -0.4 is 5.32 Å². The number of aromatic nitrogens is 6. The second kappa shape index (κ2) is 8.17. The van der Waals surface area contributed by atoms with Crippen LogP contribution in [0.5, 0.6) is 0 Å². The number of benzene rings is 2. The van der Waals surface area contributed by atoms with Gasteiger partial charge in [-0.15, -0.1) is 16.4 Å². The van der Waals surface area contributed by atoms with E-state index in [-0.39, 0.29) is 11.5 Å². The molecule has 11 heteroatoms. The number of thiophene rings is 1. The molecular weight excluding hydrogens is 448 g/mol. The average molecular weight is 465 g/mol. The van der Waals surface area contributed by atoms with Crippen LogP contribution in [0.3, 0.4) is 0 Å². The smallest absolute Gasteiger partial charge is 0.265 e. The molecule has 0 bridgehead atoms. The van der Waals surface area contributed by atoms with E-state index in [2.05, 4.69) is 25.9 Å². The van der Waals surface area contributed by atoms with Gasteiger partial charge in [-0.05, 0) is 66.2 Å². The minimum atomic E-state index is -0.572. The van der Waals surface area contributed by atoms with Gasteiger partial charge >= 0.3 is 0 Å². The molecule has 0 fully saturated rings. The first kappa shape index (κ1) is 20.9. The number of hydrogen-bond acceptors (Lipinski definition) is 6. The molecular formula is C22H17F2N7OS. The molecule has 1 amide bonds. The highest BCUT2D eigenvalue weighted by atomic mass is 32.1. The van der Waals surface area contributed by atoms with E-state index < -0.39 is 11.7 Å². The van der Waals surface area contributed by atoms with Crippen molar-refractivity contribution in [1.29, 1.82) is 0 Å². The number of carbonyl (C=O) groups excluding carboxylic acids is 1. The number of nitrogens with zero attached hydrogens (tertiary/aromatic N) is 6. The minimum absolute atomic E-state index is 0.0227. The Labute approximate surface area is 190 Å². The number of halogens is 2. The van der Waals surface area contributed by atoms with Crippen LogP contribution in [0, 0.1) is 25.5 Å². The maximum Gasteiger partial charge on any atom is 0.265 e. The zero-order valence-electron chi connectivity index (χ0n) is 17.6. The van der Waals surface area contributed by atoms with Crippen molar-refractivity contribution in [3.8, 4) is 5.69 Å². The van der Waals surface area contributed by atoms with Gasteiger partial charge in [0.25, 0.3) is 5.91 Å². The van der Waals surface area contributed by atoms with Gasteiger partial charge in [0.15, 0.2) is 5.82 Å². The van der Waals surface area contributed by atoms with Crippen molar-refractivity contribution < 1.29 is 13.6 Å². The first-order valence-electron chi connectivity index (χ1n) is 9.96. The molecule has 166 valence electrons. The Morgan fingerprint density at radius 2 is 1.88 bits per heavy atom. The van der Waals surface area contributed by atoms with Gasteiger partial charge in [-0.2, -0.15) is 9.78 Å². The van der Waals surface area contributed by atoms with Crippen molar-refractivity contribution >= 4 is 33.1 Å². The Hall–Kier alpha value is -3.99. The Morgan fingerprint density at radius 3 is 2.61 bits per heavy atom. The fourth-order valence-electron chi connectivity index (χ4n) is 3.49. The molecule has 0 radical (unpaired) electrons. The van der Waals surface area contributed by atoms with Crippen LogP contribution in [-0.2, 0) is 6.54 Å². The summed E-state index contributed by atoms with van der Waals surface area (Å²) in [6, 6.07) is 12.2. The monoisotopic (exact) mass is 465 g/mol. The van der Waals surface area contributed by atoms with E-state index in [1.165, 1.54) is 46.4 Å². The summed E-state index contributed by atoms with van der Waals surface area (Å²) < 4.78 is 30.8. The number of anilines is 1. The summed E-state index contributed by atoms with van der Waals surface area (Å²) in [4.78, 5) is 14.2. The van der Waals surface area contributed by atoms with E-state index in [1.54, 1.807) is 29.8 Å². The molecule has 5 rings (SSSR count). The molecule has 33 heavy (non-hydrogen) atoms. The molecule has 2 aromatic carbocycles. The van der Waals surface area contributed by atoms with E-state index >= 15 is 0 Å². The zero-order valence-corrected chi connectivity index (χ0v) is 18.4. The lowest BCUT2D eigenvalue weighted by Gasteiger charge is -2.08. The van der Waals surface area contributed by atoms with Gasteiger partial charge in [0.1, 0.15) is 16.5 Å². The Morgan fingerprint density at radius 1 is 1.09 bits per heavy atom. The Bertz CT molecular complexity index is 1490. The van der Waals surface area contributed by atoms with Crippen LogP contribution >= 0.6 is 11.3 Å². The van der Waals surface area contributed by atoms with Crippen molar-refractivity contribution in [3.63, 3.8) is 0 Å². The summed E-state index contributed by atoms with van der Waals surface area (Å²) in [6.45, 7) is 4.01. The SMILES string of the molecule is Cc1nn(Cc2ccc(F)cc2)c2sc(C(=O)Nc3cc(-n4nnnc4C)ccc3F)cc12. The maximum atomic E-state index is 14.4. The third kappa shape index (κ3) is 3.98. The van der Waals surface area contributed by atoms with Gasteiger partial charge in [0.2, 0.25) is 0 Å². The quantitative estimate of drug-likeness (QED) is 0.419. The van der Waals surface area contributed by atoms with Crippen LogP contribution in [0.15, 0.2) is 48.5 Å². The fourth-order valence-corrected chi connectivity index (χ4v) is 4.55. The molecule has 0 unspecified atom stereocenters. The largest absolute Gasteiger partial charge is 0.319 e. The number of nitrogens with one attached hydrogen (secondary N) is 1. The summed E-state index contributed by atoms with van der Waals surface area (Å²) >= 11 is 1.26. The molecule has 0 saturated heterocycles. The third-order valence-corrected chi connectivity index (χ3v) is 6.29. The lowest BCUT2D eigenvalue weighted by Crippen LogP contribution is -2.12. The Kier molecular flexibility index (Phi) is 5.17.